The molecule has 108 valence electrons. The number of aliphatic carboxylic acids is 1. The van der Waals surface area contributed by atoms with Gasteiger partial charge in [-0.3, -0.25) is 9.59 Å². The van der Waals surface area contributed by atoms with E-state index in [1.807, 2.05) is 0 Å². The minimum absolute atomic E-state index is 0.0571. The van der Waals surface area contributed by atoms with E-state index in [0.717, 1.165) is 25.7 Å². The number of carbonyl (C=O) groups is 3. The average Bonchev–Trinajstić information content (AvgIpc) is 2.86. The Labute approximate surface area is 111 Å². The molecular weight excluding hydrogens is 252 g/mol. The van der Waals surface area contributed by atoms with Crippen molar-refractivity contribution in [3.8, 4) is 0 Å². The largest absolute Gasteiger partial charge is 0.480 e. The van der Waals surface area contributed by atoms with Crippen molar-refractivity contribution in [3.05, 3.63) is 0 Å². The van der Waals surface area contributed by atoms with Crippen LogP contribution in [0.15, 0.2) is 0 Å². The normalized spacial score (nSPS) is 15.0. The van der Waals surface area contributed by atoms with Crippen molar-refractivity contribution >= 4 is 18.0 Å². The van der Waals surface area contributed by atoms with Crippen molar-refractivity contribution in [3.63, 3.8) is 0 Å². The number of nitrogens with one attached hydrogen (secondary N) is 1. The van der Waals surface area contributed by atoms with Crippen LogP contribution < -0.4 is 5.32 Å². The van der Waals surface area contributed by atoms with Crippen LogP contribution in [0.25, 0.3) is 0 Å². The Kier molecular flexibility index (Phi) is 6.11. The fraction of sp³-hybridized carbons (Fsp3) is 0.750. The van der Waals surface area contributed by atoms with Gasteiger partial charge in [-0.2, -0.15) is 0 Å². The molecule has 2 N–H and O–H groups in total. The monoisotopic (exact) mass is 272 g/mol. The summed E-state index contributed by atoms with van der Waals surface area (Å²) in [5.41, 5.74) is 0. The summed E-state index contributed by atoms with van der Waals surface area (Å²) in [6.45, 7) is 1.33. The Balaban J connectivity index is 2.51. The highest BCUT2D eigenvalue weighted by molar-refractivity contribution is 5.83. The number of esters is 1. The van der Waals surface area contributed by atoms with Crippen molar-refractivity contribution in [2.45, 2.75) is 38.6 Å². The summed E-state index contributed by atoms with van der Waals surface area (Å²) in [7, 11) is 0. The Bertz CT molecular complexity index is 339. The SMILES string of the molecule is CCOC(=O)CNC(=O)N(CC(=O)O)C1CCCC1. The van der Waals surface area contributed by atoms with E-state index in [9.17, 15) is 14.4 Å². The Morgan fingerprint density at radius 2 is 1.95 bits per heavy atom. The molecule has 0 atom stereocenters. The molecule has 7 heteroatoms. The number of carboxylic acids is 1. The fourth-order valence-corrected chi connectivity index (χ4v) is 2.19. The van der Waals surface area contributed by atoms with Crippen LogP contribution in [-0.4, -0.2) is 53.7 Å². The molecule has 1 rings (SSSR count). The molecule has 0 radical (unpaired) electrons. The number of amides is 2. The third-order valence-corrected chi connectivity index (χ3v) is 3.02. The van der Waals surface area contributed by atoms with E-state index in [0.29, 0.717) is 0 Å². The number of rotatable bonds is 6. The maximum absolute atomic E-state index is 11.9. The predicted octanol–water partition coefficient (Wildman–Crippen LogP) is 0.588. The van der Waals surface area contributed by atoms with E-state index >= 15 is 0 Å². The quantitative estimate of drug-likeness (QED) is 0.690. The second-order valence-corrected chi connectivity index (χ2v) is 4.42. The minimum Gasteiger partial charge on any atom is -0.480 e. The number of hydrogen-bond donors (Lipinski definition) is 2. The number of carboxylic acid groups (broad SMARTS) is 1. The third-order valence-electron chi connectivity index (χ3n) is 3.02. The molecule has 0 aliphatic heterocycles. The summed E-state index contributed by atoms with van der Waals surface area (Å²) in [4.78, 5) is 35.1. The molecule has 0 heterocycles. The average molecular weight is 272 g/mol. The zero-order chi connectivity index (χ0) is 14.3. The van der Waals surface area contributed by atoms with Crippen LogP contribution in [0.1, 0.15) is 32.6 Å². The summed E-state index contributed by atoms with van der Waals surface area (Å²) in [5.74, 6) is -1.59. The standard InChI is InChI=1S/C12H20N2O5/c1-2-19-11(17)7-13-12(18)14(8-10(15)16)9-5-3-4-6-9/h9H,2-8H2,1H3,(H,13,18)(H,15,16). The Hall–Kier alpha value is -1.79. The first-order valence-corrected chi connectivity index (χ1v) is 6.46. The van der Waals surface area contributed by atoms with Gasteiger partial charge in [-0.15, -0.1) is 0 Å². The van der Waals surface area contributed by atoms with Crippen molar-refractivity contribution in [1.29, 1.82) is 0 Å². The highest BCUT2D eigenvalue weighted by Crippen LogP contribution is 2.23. The molecule has 7 nitrogen and oxygen atoms in total. The Morgan fingerprint density at radius 3 is 2.47 bits per heavy atom. The Morgan fingerprint density at radius 1 is 1.32 bits per heavy atom. The molecule has 1 aliphatic rings. The van der Waals surface area contributed by atoms with Crippen LogP contribution in [0, 0.1) is 0 Å². The zero-order valence-electron chi connectivity index (χ0n) is 11.1. The van der Waals surface area contributed by atoms with Gasteiger partial charge in [0.1, 0.15) is 13.1 Å². The first kappa shape index (κ1) is 15.3. The molecule has 1 fully saturated rings. The van der Waals surface area contributed by atoms with Crippen LogP contribution in [0.4, 0.5) is 4.79 Å². The van der Waals surface area contributed by atoms with E-state index in [-0.39, 0.29) is 25.7 Å². The lowest BCUT2D eigenvalue weighted by molar-refractivity contribution is -0.141. The summed E-state index contributed by atoms with van der Waals surface area (Å²) < 4.78 is 4.69. The molecule has 1 aliphatic carbocycles. The summed E-state index contributed by atoms with van der Waals surface area (Å²) in [6, 6.07) is -0.583. The number of carbonyl (C=O) groups excluding carboxylic acids is 2. The highest BCUT2D eigenvalue weighted by Gasteiger charge is 2.28. The van der Waals surface area contributed by atoms with Gasteiger partial charge in [-0.05, 0) is 19.8 Å². The van der Waals surface area contributed by atoms with Crippen molar-refractivity contribution in [2.24, 2.45) is 0 Å². The molecule has 0 aromatic heterocycles. The lowest BCUT2D eigenvalue weighted by atomic mass is 10.2. The molecule has 0 bridgehead atoms. The van der Waals surface area contributed by atoms with Crippen molar-refractivity contribution in [1.82, 2.24) is 10.2 Å². The van der Waals surface area contributed by atoms with Crippen molar-refractivity contribution in [2.75, 3.05) is 19.7 Å². The van der Waals surface area contributed by atoms with Gasteiger partial charge in [0.25, 0.3) is 0 Å². The number of hydrogen-bond acceptors (Lipinski definition) is 4. The molecule has 0 aromatic rings. The maximum atomic E-state index is 11.9. The van der Waals surface area contributed by atoms with E-state index < -0.39 is 18.0 Å². The summed E-state index contributed by atoms with van der Waals surface area (Å²) in [6.07, 6.45) is 3.60. The van der Waals surface area contributed by atoms with Gasteiger partial charge in [0.05, 0.1) is 6.61 Å². The minimum atomic E-state index is -1.06. The van der Waals surface area contributed by atoms with Gasteiger partial charge in [0, 0.05) is 6.04 Å². The first-order valence-electron chi connectivity index (χ1n) is 6.46. The molecule has 19 heavy (non-hydrogen) atoms. The number of nitrogens with zero attached hydrogens (tertiary/aromatic N) is 1. The van der Waals surface area contributed by atoms with E-state index in [1.54, 1.807) is 6.92 Å². The zero-order valence-corrected chi connectivity index (χ0v) is 11.1. The number of urea groups is 1. The first-order chi connectivity index (χ1) is 9.04. The molecule has 0 aromatic carbocycles. The van der Waals surface area contributed by atoms with Crippen molar-refractivity contribution < 1.29 is 24.2 Å². The molecule has 2 amide bonds. The summed E-state index contributed by atoms with van der Waals surface area (Å²) in [5, 5.41) is 11.2. The van der Waals surface area contributed by atoms with Gasteiger partial charge in [0.2, 0.25) is 0 Å². The van der Waals surface area contributed by atoms with E-state index in [2.05, 4.69) is 5.32 Å². The fourth-order valence-electron chi connectivity index (χ4n) is 2.19. The lowest BCUT2D eigenvalue weighted by Crippen LogP contribution is -2.48. The second kappa shape index (κ2) is 7.60. The molecule has 0 unspecified atom stereocenters. The number of ether oxygens (including phenoxy) is 1. The van der Waals surface area contributed by atoms with Crippen LogP contribution in [0.2, 0.25) is 0 Å². The second-order valence-electron chi connectivity index (χ2n) is 4.42. The molecule has 0 spiro atoms. The molecular formula is C12H20N2O5. The van der Waals surface area contributed by atoms with Crippen LogP contribution in [0.5, 0.6) is 0 Å². The van der Waals surface area contributed by atoms with E-state index in [1.165, 1.54) is 4.90 Å². The van der Waals surface area contributed by atoms with Gasteiger partial charge in [0.15, 0.2) is 0 Å². The maximum Gasteiger partial charge on any atom is 0.325 e. The highest BCUT2D eigenvalue weighted by atomic mass is 16.5. The van der Waals surface area contributed by atoms with E-state index in [4.69, 9.17) is 9.84 Å². The van der Waals surface area contributed by atoms with Gasteiger partial charge in [-0.25, -0.2) is 4.79 Å². The predicted molar refractivity (Wildman–Crippen MR) is 66.6 cm³/mol. The molecule has 1 saturated carbocycles. The molecule has 0 saturated heterocycles. The summed E-state index contributed by atoms with van der Waals surface area (Å²) >= 11 is 0. The smallest absolute Gasteiger partial charge is 0.325 e. The van der Waals surface area contributed by atoms with Gasteiger partial charge >= 0.3 is 18.0 Å². The lowest BCUT2D eigenvalue weighted by Gasteiger charge is -2.27. The van der Waals surface area contributed by atoms with Crippen LogP contribution >= 0.6 is 0 Å². The topological polar surface area (TPSA) is 95.9 Å². The van der Waals surface area contributed by atoms with Crippen LogP contribution in [0.3, 0.4) is 0 Å². The third kappa shape index (κ3) is 5.15. The van der Waals surface area contributed by atoms with Gasteiger partial charge in [-0.1, -0.05) is 12.8 Å². The van der Waals surface area contributed by atoms with Crippen LogP contribution in [-0.2, 0) is 14.3 Å². The van der Waals surface area contributed by atoms with Gasteiger partial charge < -0.3 is 20.1 Å².